The maximum atomic E-state index is 12.2. The standard InChI is InChI=1S/C20H25N5O3/c26-19(21-11-15-3-2-10-28-15)13-6-8-14(9-7-13)23-20(27)22-12-18-16-4-1-5-17(16)24-25-18/h6-9,15H,1-5,10-12H2,(H,21,26)(H,24,25)(H2,22,23,27)/t15-/m0/s1. The lowest BCUT2D eigenvalue weighted by molar-refractivity contribution is 0.0858. The van der Waals surface area contributed by atoms with Crippen LogP contribution in [0.15, 0.2) is 24.3 Å². The molecule has 0 saturated carbocycles. The lowest BCUT2D eigenvalue weighted by Crippen LogP contribution is -2.31. The van der Waals surface area contributed by atoms with Crippen LogP contribution in [0.5, 0.6) is 0 Å². The molecule has 0 bridgehead atoms. The van der Waals surface area contributed by atoms with E-state index in [2.05, 4.69) is 26.1 Å². The van der Waals surface area contributed by atoms with Gasteiger partial charge in [0.2, 0.25) is 0 Å². The summed E-state index contributed by atoms with van der Waals surface area (Å²) in [6, 6.07) is 6.52. The van der Waals surface area contributed by atoms with Crippen molar-refractivity contribution in [2.75, 3.05) is 18.5 Å². The molecule has 3 amide bonds. The molecule has 8 heteroatoms. The van der Waals surface area contributed by atoms with Crippen molar-refractivity contribution in [2.24, 2.45) is 0 Å². The van der Waals surface area contributed by atoms with E-state index in [1.807, 2.05) is 0 Å². The van der Waals surface area contributed by atoms with Crippen LogP contribution < -0.4 is 16.0 Å². The second-order valence-electron chi connectivity index (χ2n) is 7.21. The van der Waals surface area contributed by atoms with Crippen LogP contribution in [0, 0.1) is 0 Å². The van der Waals surface area contributed by atoms with Crippen LogP contribution in [-0.4, -0.2) is 41.4 Å². The lowest BCUT2D eigenvalue weighted by Gasteiger charge is -2.11. The molecule has 2 heterocycles. The number of amides is 3. The number of rotatable bonds is 6. The highest BCUT2D eigenvalue weighted by Crippen LogP contribution is 2.22. The van der Waals surface area contributed by atoms with Crippen molar-refractivity contribution in [1.82, 2.24) is 20.8 Å². The molecular weight excluding hydrogens is 358 g/mol. The van der Waals surface area contributed by atoms with Crippen molar-refractivity contribution in [3.05, 3.63) is 46.8 Å². The van der Waals surface area contributed by atoms with Gasteiger partial charge >= 0.3 is 6.03 Å². The smallest absolute Gasteiger partial charge is 0.319 e. The Morgan fingerprint density at radius 2 is 2.00 bits per heavy atom. The van der Waals surface area contributed by atoms with Crippen LogP contribution in [0.2, 0.25) is 0 Å². The number of carbonyl (C=O) groups excluding carboxylic acids is 2. The van der Waals surface area contributed by atoms with Crippen molar-refractivity contribution < 1.29 is 14.3 Å². The first-order valence-corrected chi connectivity index (χ1v) is 9.79. The molecule has 8 nitrogen and oxygen atoms in total. The summed E-state index contributed by atoms with van der Waals surface area (Å²) < 4.78 is 5.50. The molecule has 0 radical (unpaired) electrons. The molecule has 1 aliphatic heterocycles. The van der Waals surface area contributed by atoms with Crippen molar-refractivity contribution >= 4 is 17.6 Å². The molecule has 0 unspecified atom stereocenters. The third-order valence-electron chi connectivity index (χ3n) is 5.23. The second-order valence-corrected chi connectivity index (χ2v) is 7.21. The molecule has 4 rings (SSSR count). The molecule has 148 valence electrons. The van der Waals surface area contributed by atoms with Crippen molar-refractivity contribution in [2.45, 2.75) is 44.8 Å². The predicted molar refractivity (Wildman–Crippen MR) is 104 cm³/mol. The van der Waals surface area contributed by atoms with Gasteiger partial charge in [0.05, 0.1) is 18.3 Å². The van der Waals surface area contributed by atoms with E-state index in [0.29, 0.717) is 24.3 Å². The van der Waals surface area contributed by atoms with Crippen LogP contribution >= 0.6 is 0 Å². The zero-order chi connectivity index (χ0) is 19.3. The summed E-state index contributed by atoms with van der Waals surface area (Å²) in [7, 11) is 0. The van der Waals surface area contributed by atoms with Crippen LogP contribution in [0.25, 0.3) is 0 Å². The molecule has 2 aromatic rings. The number of urea groups is 1. The molecule has 4 N–H and O–H groups in total. The van der Waals surface area contributed by atoms with E-state index in [1.165, 1.54) is 11.3 Å². The Kier molecular flexibility index (Phi) is 5.57. The molecule has 2 aliphatic rings. The maximum Gasteiger partial charge on any atom is 0.319 e. The summed E-state index contributed by atoms with van der Waals surface area (Å²) in [6.45, 7) is 1.69. The number of hydrogen-bond acceptors (Lipinski definition) is 4. The molecule has 1 aliphatic carbocycles. The summed E-state index contributed by atoms with van der Waals surface area (Å²) in [4.78, 5) is 24.3. The van der Waals surface area contributed by atoms with Gasteiger partial charge in [0.25, 0.3) is 5.91 Å². The van der Waals surface area contributed by atoms with Gasteiger partial charge in [-0.1, -0.05) is 0 Å². The number of aryl methyl sites for hydroxylation is 1. The van der Waals surface area contributed by atoms with Crippen LogP contribution in [0.1, 0.15) is 46.6 Å². The Morgan fingerprint density at radius 1 is 1.14 bits per heavy atom. The van der Waals surface area contributed by atoms with Gasteiger partial charge in [0, 0.05) is 30.1 Å². The van der Waals surface area contributed by atoms with Gasteiger partial charge < -0.3 is 20.7 Å². The molecule has 0 spiro atoms. The minimum Gasteiger partial charge on any atom is -0.376 e. The summed E-state index contributed by atoms with van der Waals surface area (Å²) in [5.41, 5.74) is 4.50. The number of aromatic amines is 1. The van der Waals surface area contributed by atoms with Gasteiger partial charge in [-0.2, -0.15) is 5.10 Å². The average Bonchev–Trinajstić information content (AvgIpc) is 3.44. The fourth-order valence-corrected chi connectivity index (χ4v) is 3.69. The molecule has 1 atom stereocenters. The van der Waals surface area contributed by atoms with Gasteiger partial charge in [0.15, 0.2) is 0 Å². The summed E-state index contributed by atoms with van der Waals surface area (Å²) in [5.74, 6) is -0.140. The largest absolute Gasteiger partial charge is 0.376 e. The quantitative estimate of drug-likeness (QED) is 0.613. The number of H-pyrrole nitrogens is 1. The maximum absolute atomic E-state index is 12.2. The number of carbonyl (C=O) groups is 2. The number of benzene rings is 1. The molecule has 28 heavy (non-hydrogen) atoms. The van der Waals surface area contributed by atoms with E-state index >= 15 is 0 Å². The van der Waals surface area contributed by atoms with Crippen molar-refractivity contribution in [3.63, 3.8) is 0 Å². The Bertz CT molecular complexity index is 840. The van der Waals surface area contributed by atoms with Crippen LogP contribution in [-0.2, 0) is 24.1 Å². The Morgan fingerprint density at radius 3 is 2.79 bits per heavy atom. The predicted octanol–water partition coefficient (Wildman–Crippen LogP) is 2.13. The SMILES string of the molecule is O=C(NCc1n[nH]c2c1CCC2)Nc1ccc(C(=O)NC[C@@H]2CCCO2)cc1. The van der Waals surface area contributed by atoms with E-state index in [4.69, 9.17) is 4.74 Å². The summed E-state index contributed by atoms with van der Waals surface area (Å²) >= 11 is 0. The number of nitrogens with zero attached hydrogens (tertiary/aromatic N) is 1. The number of fused-ring (bicyclic) bond motifs is 1. The fraction of sp³-hybridized carbons (Fsp3) is 0.450. The molecule has 1 saturated heterocycles. The molecule has 1 aromatic carbocycles. The zero-order valence-corrected chi connectivity index (χ0v) is 15.7. The number of nitrogens with one attached hydrogen (secondary N) is 4. The van der Waals surface area contributed by atoms with Crippen LogP contribution in [0.4, 0.5) is 10.5 Å². The highest BCUT2D eigenvalue weighted by atomic mass is 16.5. The van der Waals surface area contributed by atoms with E-state index in [9.17, 15) is 9.59 Å². The molecule has 1 fully saturated rings. The highest BCUT2D eigenvalue weighted by Gasteiger charge is 2.19. The van der Waals surface area contributed by atoms with Crippen molar-refractivity contribution in [3.8, 4) is 0 Å². The summed E-state index contributed by atoms with van der Waals surface area (Å²) in [6.07, 6.45) is 5.33. The Hall–Kier alpha value is -2.87. The number of aromatic nitrogens is 2. The first kappa shape index (κ1) is 18.5. The third kappa shape index (κ3) is 4.33. The van der Waals surface area contributed by atoms with Gasteiger partial charge in [-0.3, -0.25) is 9.89 Å². The number of anilines is 1. The topological polar surface area (TPSA) is 108 Å². The molecule has 1 aromatic heterocycles. The first-order valence-electron chi connectivity index (χ1n) is 9.79. The highest BCUT2D eigenvalue weighted by molar-refractivity contribution is 5.95. The number of ether oxygens (including phenoxy) is 1. The van der Waals surface area contributed by atoms with Gasteiger partial charge in [0.1, 0.15) is 0 Å². The molecular formula is C20H25N5O3. The minimum atomic E-state index is -0.301. The van der Waals surface area contributed by atoms with Crippen LogP contribution in [0.3, 0.4) is 0 Å². The second kappa shape index (κ2) is 8.43. The lowest BCUT2D eigenvalue weighted by atomic mass is 10.2. The van der Waals surface area contributed by atoms with Gasteiger partial charge in [-0.15, -0.1) is 0 Å². The third-order valence-corrected chi connectivity index (χ3v) is 5.23. The first-order chi connectivity index (χ1) is 13.7. The zero-order valence-electron chi connectivity index (χ0n) is 15.7. The minimum absolute atomic E-state index is 0.115. The Balaban J connectivity index is 1.24. The van der Waals surface area contributed by atoms with Gasteiger partial charge in [-0.25, -0.2) is 4.79 Å². The van der Waals surface area contributed by atoms with Gasteiger partial charge in [-0.05, 0) is 61.9 Å². The van der Waals surface area contributed by atoms with E-state index in [0.717, 1.165) is 44.4 Å². The number of hydrogen-bond donors (Lipinski definition) is 4. The van der Waals surface area contributed by atoms with Crippen molar-refractivity contribution in [1.29, 1.82) is 0 Å². The summed E-state index contributed by atoms with van der Waals surface area (Å²) in [5, 5.41) is 15.8. The van der Waals surface area contributed by atoms with E-state index in [1.54, 1.807) is 24.3 Å². The van der Waals surface area contributed by atoms with E-state index < -0.39 is 0 Å². The normalized spacial score (nSPS) is 17.9. The average molecular weight is 383 g/mol. The fourth-order valence-electron chi connectivity index (χ4n) is 3.69. The monoisotopic (exact) mass is 383 g/mol. The van der Waals surface area contributed by atoms with E-state index in [-0.39, 0.29) is 18.0 Å². The Labute approximate surface area is 163 Å².